The van der Waals surface area contributed by atoms with E-state index in [0.717, 1.165) is 16.9 Å². The lowest BCUT2D eigenvalue weighted by molar-refractivity contribution is -0.385. The SMILES string of the molecule is CCOC(=O)c1ccc(C#Cc2ccc3c(c2)C(C)(C)CCS3=O)c([N+](=O)[O-])c1. The average molecular weight is 411 g/mol. The van der Waals surface area contributed by atoms with Crippen LogP contribution in [0.4, 0.5) is 5.69 Å². The number of nitro groups is 1. The van der Waals surface area contributed by atoms with Crippen molar-refractivity contribution in [2.75, 3.05) is 12.4 Å². The van der Waals surface area contributed by atoms with Crippen molar-refractivity contribution in [3.05, 3.63) is 68.8 Å². The minimum absolute atomic E-state index is 0.103. The molecule has 2 aromatic rings. The summed E-state index contributed by atoms with van der Waals surface area (Å²) in [7, 11) is -1.01. The highest BCUT2D eigenvalue weighted by molar-refractivity contribution is 7.85. The van der Waals surface area contributed by atoms with E-state index in [1.807, 2.05) is 12.1 Å². The van der Waals surface area contributed by atoms with Crippen molar-refractivity contribution in [1.29, 1.82) is 0 Å². The molecule has 0 N–H and O–H groups in total. The van der Waals surface area contributed by atoms with Gasteiger partial charge in [-0.3, -0.25) is 14.3 Å². The Morgan fingerprint density at radius 3 is 2.69 bits per heavy atom. The third-order valence-corrected chi connectivity index (χ3v) is 6.33. The average Bonchev–Trinajstić information content (AvgIpc) is 2.69. The van der Waals surface area contributed by atoms with Crippen molar-refractivity contribution in [3.63, 3.8) is 0 Å². The third kappa shape index (κ3) is 4.38. The number of hydrogen-bond acceptors (Lipinski definition) is 5. The fourth-order valence-electron chi connectivity index (χ4n) is 3.20. The zero-order chi connectivity index (χ0) is 21.2. The first-order valence-corrected chi connectivity index (χ1v) is 10.6. The van der Waals surface area contributed by atoms with Crippen molar-refractivity contribution in [2.45, 2.75) is 37.5 Å². The van der Waals surface area contributed by atoms with Gasteiger partial charge in [0.15, 0.2) is 0 Å². The van der Waals surface area contributed by atoms with Gasteiger partial charge in [-0.05, 0) is 54.7 Å². The van der Waals surface area contributed by atoms with Gasteiger partial charge >= 0.3 is 5.97 Å². The number of esters is 1. The molecule has 1 unspecified atom stereocenters. The first kappa shape index (κ1) is 20.7. The lowest BCUT2D eigenvalue weighted by atomic mass is 9.81. The molecule has 0 fully saturated rings. The van der Waals surface area contributed by atoms with E-state index in [2.05, 4.69) is 25.7 Å². The van der Waals surface area contributed by atoms with Crippen LogP contribution in [0.25, 0.3) is 0 Å². The summed E-state index contributed by atoms with van der Waals surface area (Å²) < 4.78 is 17.2. The summed E-state index contributed by atoms with van der Waals surface area (Å²) >= 11 is 0. The van der Waals surface area contributed by atoms with Crippen molar-refractivity contribution in [2.24, 2.45) is 0 Å². The number of carbonyl (C=O) groups excluding carboxylic acids is 1. The van der Waals surface area contributed by atoms with Gasteiger partial charge in [-0.15, -0.1) is 0 Å². The van der Waals surface area contributed by atoms with Gasteiger partial charge in [-0.1, -0.05) is 25.7 Å². The Bertz CT molecular complexity index is 1080. The lowest BCUT2D eigenvalue weighted by Crippen LogP contribution is -2.27. The maximum absolute atomic E-state index is 12.3. The van der Waals surface area contributed by atoms with E-state index < -0.39 is 21.7 Å². The van der Waals surface area contributed by atoms with Crippen LogP contribution in [-0.4, -0.2) is 27.5 Å². The van der Waals surface area contributed by atoms with Crippen molar-refractivity contribution < 1.29 is 18.7 Å². The number of hydrogen-bond donors (Lipinski definition) is 0. The summed E-state index contributed by atoms with van der Waals surface area (Å²) in [5.74, 6) is 5.83. The lowest BCUT2D eigenvalue weighted by Gasteiger charge is -2.31. The van der Waals surface area contributed by atoms with Crippen molar-refractivity contribution in [1.82, 2.24) is 0 Å². The number of nitrogens with zero attached hydrogens (tertiary/aromatic N) is 1. The van der Waals surface area contributed by atoms with E-state index in [0.29, 0.717) is 11.3 Å². The fourth-order valence-corrected chi connectivity index (χ4v) is 4.91. The number of ether oxygens (including phenoxy) is 1. The van der Waals surface area contributed by atoms with E-state index in [9.17, 15) is 19.1 Å². The van der Waals surface area contributed by atoms with E-state index in [4.69, 9.17) is 4.74 Å². The Kier molecular flexibility index (Phi) is 5.85. The van der Waals surface area contributed by atoms with Crippen LogP contribution in [0, 0.1) is 22.0 Å². The van der Waals surface area contributed by atoms with Gasteiger partial charge in [-0.2, -0.15) is 0 Å². The first-order valence-electron chi connectivity index (χ1n) is 9.23. The van der Waals surface area contributed by atoms with Crippen LogP contribution >= 0.6 is 0 Å². The molecule has 0 amide bonds. The zero-order valence-electron chi connectivity index (χ0n) is 16.5. The van der Waals surface area contributed by atoms with Crippen LogP contribution in [0.2, 0.25) is 0 Å². The number of benzene rings is 2. The molecule has 0 saturated carbocycles. The molecule has 0 aliphatic carbocycles. The molecule has 2 aromatic carbocycles. The topological polar surface area (TPSA) is 86.5 Å². The number of carbonyl (C=O) groups is 1. The molecule has 7 heteroatoms. The van der Waals surface area contributed by atoms with Gasteiger partial charge in [0, 0.05) is 22.3 Å². The molecular weight excluding hydrogens is 390 g/mol. The molecule has 0 aromatic heterocycles. The Hall–Kier alpha value is -2.98. The van der Waals surface area contributed by atoms with Crippen molar-refractivity contribution >= 4 is 22.5 Å². The summed E-state index contributed by atoms with van der Waals surface area (Å²) in [6.07, 6.45) is 0.824. The molecular formula is C22H21NO5S. The van der Waals surface area contributed by atoms with Crippen LogP contribution in [0.3, 0.4) is 0 Å². The summed E-state index contributed by atoms with van der Waals surface area (Å²) in [5, 5.41) is 11.4. The number of nitro benzene ring substituents is 1. The largest absolute Gasteiger partial charge is 0.462 e. The highest BCUT2D eigenvalue weighted by Crippen LogP contribution is 2.37. The summed E-state index contributed by atoms with van der Waals surface area (Å²) in [4.78, 5) is 23.5. The standard InChI is InChI=1S/C22H21NO5S/c1-4-28-21(24)17-9-8-16(19(14-17)23(25)26)7-5-15-6-10-20-18(13-15)22(2,3)11-12-29(20)27/h6,8-10,13-14H,4,11-12H2,1-3H3. The smallest absolute Gasteiger partial charge is 0.338 e. The van der Waals surface area contributed by atoms with Crippen molar-refractivity contribution in [3.8, 4) is 11.8 Å². The molecule has 0 bridgehead atoms. The Balaban J connectivity index is 1.99. The molecule has 1 heterocycles. The predicted molar refractivity (Wildman–Crippen MR) is 110 cm³/mol. The molecule has 150 valence electrons. The Labute approximate surface area is 171 Å². The molecule has 6 nitrogen and oxygen atoms in total. The molecule has 0 radical (unpaired) electrons. The van der Waals surface area contributed by atoms with E-state index in [-0.39, 0.29) is 28.8 Å². The maximum atomic E-state index is 12.3. The van der Waals surface area contributed by atoms with E-state index in [1.165, 1.54) is 18.2 Å². The summed E-state index contributed by atoms with van der Waals surface area (Å²) in [6, 6.07) is 9.63. The second-order valence-corrected chi connectivity index (χ2v) is 8.89. The minimum atomic E-state index is -1.01. The van der Waals surface area contributed by atoms with Gasteiger partial charge in [0.1, 0.15) is 5.56 Å². The molecule has 29 heavy (non-hydrogen) atoms. The monoisotopic (exact) mass is 411 g/mol. The van der Waals surface area contributed by atoms with Gasteiger partial charge in [0.25, 0.3) is 5.69 Å². The van der Waals surface area contributed by atoms with E-state index >= 15 is 0 Å². The Morgan fingerprint density at radius 1 is 1.24 bits per heavy atom. The Morgan fingerprint density at radius 2 is 2.00 bits per heavy atom. The molecule has 1 aliphatic heterocycles. The first-order chi connectivity index (χ1) is 13.7. The van der Waals surface area contributed by atoms with Crippen LogP contribution in [0.1, 0.15) is 54.2 Å². The summed E-state index contributed by atoms with van der Waals surface area (Å²) in [6.45, 7) is 6.08. The summed E-state index contributed by atoms with van der Waals surface area (Å²) in [5.41, 5.74) is 1.67. The third-order valence-electron chi connectivity index (χ3n) is 4.91. The molecule has 1 atom stereocenters. The fraction of sp³-hybridized carbons (Fsp3) is 0.318. The molecule has 3 rings (SSSR count). The van der Waals surface area contributed by atoms with Gasteiger partial charge in [-0.25, -0.2) is 4.79 Å². The minimum Gasteiger partial charge on any atom is -0.462 e. The second kappa shape index (κ2) is 8.18. The van der Waals surface area contributed by atoms with Crippen LogP contribution in [0.15, 0.2) is 41.3 Å². The molecule has 0 spiro atoms. The van der Waals surface area contributed by atoms with Gasteiger partial charge in [0.05, 0.1) is 27.9 Å². The molecule has 1 aliphatic rings. The number of fused-ring (bicyclic) bond motifs is 1. The normalized spacial score (nSPS) is 16.9. The maximum Gasteiger partial charge on any atom is 0.338 e. The van der Waals surface area contributed by atoms with Gasteiger partial charge in [0.2, 0.25) is 0 Å². The highest BCUT2D eigenvalue weighted by Gasteiger charge is 2.31. The van der Waals surface area contributed by atoms with Crippen LogP contribution < -0.4 is 0 Å². The second-order valence-electron chi connectivity index (χ2n) is 7.35. The van der Waals surface area contributed by atoms with Crippen LogP contribution in [0.5, 0.6) is 0 Å². The predicted octanol–water partition coefficient (Wildman–Crippen LogP) is 3.96. The zero-order valence-corrected chi connectivity index (χ0v) is 17.3. The quantitative estimate of drug-likeness (QED) is 0.330. The highest BCUT2D eigenvalue weighted by atomic mass is 32.2. The molecule has 0 saturated heterocycles. The van der Waals surface area contributed by atoms with Gasteiger partial charge < -0.3 is 4.74 Å². The van der Waals surface area contributed by atoms with E-state index in [1.54, 1.807) is 13.0 Å². The number of rotatable bonds is 3. The van der Waals surface area contributed by atoms with Crippen LogP contribution in [-0.2, 0) is 21.0 Å².